The maximum absolute atomic E-state index is 9.93. The normalized spacial score (nSPS) is 20.1. The fraction of sp³-hybridized carbons (Fsp3) is 0.562. The van der Waals surface area contributed by atoms with Gasteiger partial charge in [-0.15, -0.1) is 0 Å². The zero-order valence-corrected chi connectivity index (χ0v) is 16.2. The van der Waals surface area contributed by atoms with Crippen molar-refractivity contribution in [3.63, 3.8) is 0 Å². The van der Waals surface area contributed by atoms with Gasteiger partial charge in [-0.25, -0.2) is 0 Å². The molecular formula is C16H21Cl2NOZr. The fourth-order valence-corrected chi connectivity index (χ4v) is 3.01. The molecule has 2 saturated carbocycles. The average Bonchev–Trinajstić information content (AvgIpc) is 3.23. The van der Waals surface area contributed by atoms with Crippen molar-refractivity contribution in [3.05, 3.63) is 29.3 Å². The summed E-state index contributed by atoms with van der Waals surface area (Å²) in [4.78, 5) is 4.66. The number of aromatic hydroxyl groups is 1. The molecule has 0 aliphatic heterocycles. The summed E-state index contributed by atoms with van der Waals surface area (Å²) >= 11 is -0.826. The summed E-state index contributed by atoms with van der Waals surface area (Å²) < 4.78 is 0. The van der Waals surface area contributed by atoms with Gasteiger partial charge in [0.15, 0.2) is 0 Å². The van der Waals surface area contributed by atoms with E-state index in [9.17, 15) is 5.11 Å². The first-order valence-corrected chi connectivity index (χ1v) is 13.7. The Kier molecular flexibility index (Phi) is 6.78. The molecule has 1 spiro atoms. The molecule has 0 aromatic heterocycles. The molecule has 2 nitrogen and oxygen atoms in total. The first-order chi connectivity index (χ1) is 10.1. The van der Waals surface area contributed by atoms with Crippen LogP contribution in [0.25, 0.3) is 0 Å². The van der Waals surface area contributed by atoms with E-state index < -0.39 is 20.8 Å². The molecule has 0 saturated heterocycles. The van der Waals surface area contributed by atoms with Gasteiger partial charge in [-0.1, -0.05) is 12.1 Å². The van der Waals surface area contributed by atoms with Crippen LogP contribution in [0.3, 0.4) is 0 Å². The zero-order valence-electron chi connectivity index (χ0n) is 12.3. The third kappa shape index (κ3) is 5.08. The van der Waals surface area contributed by atoms with E-state index >= 15 is 0 Å². The number of aliphatic imine (C=N–C) groups is 1. The Morgan fingerprint density at radius 1 is 1.24 bits per heavy atom. The van der Waals surface area contributed by atoms with Crippen LogP contribution in [0.4, 0.5) is 0 Å². The van der Waals surface area contributed by atoms with Crippen molar-refractivity contribution in [1.29, 1.82) is 0 Å². The van der Waals surface area contributed by atoms with Crippen LogP contribution >= 0.6 is 17.0 Å². The van der Waals surface area contributed by atoms with Gasteiger partial charge in [0.05, 0.1) is 0 Å². The van der Waals surface area contributed by atoms with Crippen LogP contribution in [0.1, 0.15) is 49.7 Å². The van der Waals surface area contributed by atoms with Crippen LogP contribution in [-0.4, -0.2) is 17.4 Å². The standard InChI is InChI=1S/C16H21NO.2ClH.Zr/c1-12-3-2-4-13(15(12)18)11-17-14-5-7-16(8-6-14)9-10-16;;;/h2-4,11,14,18H,5-10H2,1H3;2*1H;/q;;;+2/p-2. The van der Waals surface area contributed by atoms with Gasteiger partial charge in [0.2, 0.25) is 0 Å². The summed E-state index contributed by atoms with van der Waals surface area (Å²) in [6.45, 7) is 1.92. The molecule has 0 heterocycles. The number of hydrogen-bond acceptors (Lipinski definition) is 2. The van der Waals surface area contributed by atoms with Crippen molar-refractivity contribution in [1.82, 2.24) is 0 Å². The number of halogens is 2. The molecule has 2 aliphatic rings. The molecule has 5 heteroatoms. The van der Waals surface area contributed by atoms with E-state index in [4.69, 9.17) is 17.0 Å². The quantitative estimate of drug-likeness (QED) is 0.673. The summed E-state index contributed by atoms with van der Waals surface area (Å²) in [6, 6.07) is 6.29. The minimum atomic E-state index is -0.826. The summed E-state index contributed by atoms with van der Waals surface area (Å²) in [5.41, 5.74) is 2.50. The van der Waals surface area contributed by atoms with Gasteiger partial charge in [-0.3, -0.25) is 4.99 Å². The van der Waals surface area contributed by atoms with Gasteiger partial charge in [-0.2, -0.15) is 0 Å². The van der Waals surface area contributed by atoms with Crippen molar-refractivity contribution in [2.45, 2.75) is 51.5 Å². The second kappa shape index (κ2) is 8.13. The Balaban J connectivity index is 0.000000497. The summed E-state index contributed by atoms with van der Waals surface area (Å²) in [7, 11) is 9.87. The predicted octanol–water partition coefficient (Wildman–Crippen LogP) is 5.22. The molecule has 0 radical (unpaired) electrons. The van der Waals surface area contributed by atoms with E-state index in [2.05, 4.69) is 4.99 Å². The van der Waals surface area contributed by atoms with Crippen molar-refractivity contribution in [2.24, 2.45) is 10.4 Å². The minimum absolute atomic E-state index is 0.371. The second-order valence-corrected chi connectivity index (χ2v) is 9.83. The molecule has 21 heavy (non-hydrogen) atoms. The number of para-hydroxylation sites is 1. The predicted molar refractivity (Wildman–Crippen MR) is 86.1 cm³/mol. The number of phenols is 1. The van der Waals surface area contributed by atoms with Crippen molar-refractivity contribution >= 4 is 23.2 Å². The van der Waals surface area contributed by atoms with E-state index in [0.29, 0.717) is 11.8 Å². The second-order valence-electron chi connectivity index (χ2n) is 6.09. The first kappa shape index (κ1) is 17.5. The number of benzene rings is 1. The Morgan fingerprint density at radius 3 is 2.43 bits per heavy atom. The topological polar surface area (TPSA) is 32.6 Å². The van der Waals surface area contributed by atoms with Crippen LogP contribution in [-0.2, 0) is 20.8 Å². The van der Waals surface area contributed by atoms with Gasteiger partial charge in [-0.05, 0) is 62.5 Å². The van der Waals surface area contributed by atoms with Crippen molar-refractivity contribution in [2.75, 3.05) is 0 Å². The maximum atomic E-state index is 9.93. The zero-order chi connectivity index (χ0) is 15.3. The Bertz CT molecular complexity index is 493. The van der Waals surface area contributed by atoms with Crippen LogP contribution in [0, 0.1) is 12.3 Å². The molecule has 1 aromatic rings. The molecule has 114 valence electrons. The van der Waals surface area contributed by atoms with Crippen LogP contribution in [0.5, 0.6) is 5.75 Å². The number of rotatable bonds is 2. The summed E-state index contributed by atoms with van der Waals surface area (Å²) in [5, 5.41) is 9.93. The molecule has 2 fully saturated rings. The van der Waals surface area contributed by atoms with Gasteiger partial charge in [0.25, 0.3) is 0 Å². The molecule has 3 rings (SSSR count). The molecular weight excluding hydrogens is 384 g/mol. The van der Waals surface area contributed by atoms with Gasteiger partial charge in [0, 0.05) is 17.8 Å². The molecule has 0 atom stereocenters. The van der Waals surface area contributed by atoms with Crippen molar-refractivity contribution < 1.29 is 26.0 Å². The average molecular weight is 405 g/mol. The first-order valence-electron chi connectivity index (χ1n) is 7.38. The molecule has 0 bridgehead atoms. The van der Waals surface area contributed by atoms with E-state index in [0.717, 1.165) is 16.5 Å². The van der Waals surface area contributed by atoms with Gasteiger partial charge in [0.1, 0.15) is 5.75 Å². The van der Waals surface area contributed by atoms with E-state index in [1.165, 1.54) is 38.5 Å². The summed E-state index contributed by atoms with van der Waals surface area (Å²) in [5.74, 6) is 0.371. The third-order valence-corrected chi connectivity index (χ3v) is 4.67. The Hall–Kier alpha value is 0.153. The number of nitrogens with zero attached hydrogens (tertiary/aromatic N) is 1. The molecule has 2 aliphatic carbocycles. The van der Waals surface area contributed by atoms with E-state index in [1.807, 2.05) is 31.3 Å². The number of aryl methyl sites for hydroxylation is 1. The Morgan fingerprint density at radius 2 is 1.86 bits per heavy atom. The van der Waals surface area contributed by atoms with E-state index in [-0.39, 0.29) is 0 Å². The SMILES string of the molecule is Cc1cccc(C=NC2CCC3(CC2)CC3)c1O.[Cl][Zr][Cl]. The molecule has 1 aromatic carbocycles. The van der Waals surface area contributed by atoms with Gasteiger partial charge >= 0.3 is 37.9 Å². The number of hydrogen-bond donors (Lipinski definition) is 1. The molecule has 0 unspecified atom stereocenters. The molecule has 1 N–H and O–H groups in total. The van der Waals surface area contributed by atoms with Gasteiger partial charge < -0.3 is 5.11 Å². The molecule has 0 amide bonds. The third-order valence-electron chi connectivity index (χ3n) is 4.67. The fourth-order valence-electron chi connectivity index (χ4n) is 3.01. The monoisotopic (exact) mass is 403 g/mol. The van der Waals surface area contributed by atoms with Crippen LogP contribution in [0.15, 0.2) is 23.2 Å². The van der Waals surface area contributed by atoms with Crippen molar-refractivity contribution in [3.8, 4) is 5.75 Å². The Labute approximate surface area is 145 Å². The van der Waals surface area contributed by atoms with Crippen LogP contribution in [0.2, 0.25) is 0 Å². The van der Waals surface area contributed by atoms with Crippen LogP contribution < -0.4 is 0 Å². The summed E-state index contributed by atoms with van der Waals surface area (Å²) in [6.07, 6.45) is 9.91. The number of phenolic OH excluding ortho intramolecular Hbond substituents is 1. The van der Waals surface area contributed by atoms with E-state index in [1.54, 1.807) is 0 Å².